The van der Waals surface area contributed by atoms with Gasteiger partial charge in [-0.1, -0.05) is 0 Å². The van der Waals surface area contributed by atoms with E-state index in [-0.39, 0.29) is 11.5 Å². The molecule has 3 aromatic carbocycles. The average molecular weight is 386 g/mol. The van der Waals surface area contributed by atoms with E-state index in [0.29, 0.717) is 34.7 Å². The minimum absolute atomic E-state index is 0.0700. The highest BCUT2D eigenvalue weighted by molar-refractivity contribution is 5.91. The van der Waals surface area contributed by atoms with Crippen LogP contribution in [0.15, 0.2) is 71.7 Å². The maximum atomic E-state index is 12.2. The second-order valence-electron chi connectivity index (χ2n) is 5.98. The van der Waals surface area contributed by atoms with E-state index in [9.17, 15) is 9.90 Å². The Morgan fingerprint density at radius 2 is 1.76 bits per heavy atom. The number of hydrogen-bond donors (Lipinski definition) is 1. The van der Waals surface area contributed by atoms with Crippen molar-refractivity contribution >= 4 is 17.9 Å². The molecule has 0 saturated carbocycles. The number of phenolic OH excluding ortho intramolecular Hbond substituents is 1. The lowest BCUT2D eigenvalue weighted by molar-refractivity contribution is 0.0734. The van der Waals surface area contributed by atoms with Gasteiger partial charge < -0.3 is 14.6 Å². The molecule has 6 heteroatoms. The highest BCUT2D eigenvalue weighted by Gasteiger charge is 2.10. The smallest absolute Gasteiger partial charge is 0.343 e. The van der Waals surface area contributed by atoms with Crippen molar-refractivity contribution in [1.82, 2.24) is 0 Å². The van der Waals surface area contributed by atoms with E-state index in [4.69, 9.17) is 14.7 Å². The van der Waals surface area contributed by atoms with Crippen molar-refractivity contribution in [2.75, 3.05) is 6.61 Å². The van der Waals surface area contributed by atoms with E-state index in [1.165, 1.54) is 12.3 Å². The van der Waals surface area contributed by atoms with Crippen LogP contribution in [0.4, 0.5) is 5.69 Å². The van der Waals surface area contributed by atoms with Crippen LogP contribution in [-0.4, -0.2) is 23.9 Å². The number of phenols is 1. The summed E-state index contributed by atoms with van der Waals surface area (Å²) in [7, 11) is 0. The Hall–Kier alpha value is -4.11. The summed E-state index contributed by atoms with van der Waals surface area (Å²) in [6, 6.07) is 19.9. The molecule has 3 rings (SSSR count). The molecule has 0 spiro atoms. The van der Waals surface area contributed by atoms with Crippen molar-refractivity contribution in [1.29, 1.82) is 5.26 Å². The van der Waals surface area contributed by atoms with Gasteiger partial charge in [-0.05, 0) is 67.6 Å². The van der Waals surface area contributed by atoms with Crippen LogP contribution in [0.3, 0.4) is 0 Å². The average Bonchev–Trinajstić information content (AvgIpc) is 2.74. The molecule has 144 valence electrons. The number of aliphatic imine (C=N–C) groups is 1. The highest BCUT2D eigenvalue weighted by atomic mass is 16.5. The van der Waals surface area contributed by atoms with Gasteiger partial charge in [-0.2, -0.15) is 5.26 Å². The van der Waals surface area contributed by atoms with Crippen molar-refractivity contribution in [2.24, 2.45) is 4.99 Å². The Bertz CT molecular complexity index is 1070. The molecule has 0 bridgehead atoms. The number of carbonyl (C=O) groups excluding carboxylic acids is 1. The second kappa shape index (κ2) is 9.20. The molecule has 0 aromatic heterocycles. The van der Waals surface area contributed by atoms with Crippen molar-refractivity contribution in [3.8, 4) is 23.3 Å². The van der Waals surface area contributed by atoms with Crippen LogP contribution in [0.5, 0.6) is 17.2 Å². The van der Waals surface area contributed by atoms with Gasteiger partial charge in [-0.3, -0.25) is 4.99 Å². The monoisotopic (exact) mass is 386 g/mol. The largest absolute Gasteiger partial charge is 0.507 e. The number of hydrogen-bond acceptors (Lipinski definition) is 6. The summed E-state index contributed by atoms with van der Waals surface area (Å²) >= 11 is 0. The van der Waals surface area contributed by atoms with E-state index in [1.807, 2.05) is 13.0 Å². The zero-order valence-electron chi connectivity index (χ0n) is 15.7. The second-order valence-corrected chi connectivity index (χ2v) is 5.98. The zero-order valence-corrected chi connectivity index (χ0v) is 15.7. The summed E-state index contributed by atoms with van der Waals surface area (Å²) in [5.74, 6) is 0.287. The minimum atomic E-state index is -0.536. The summed E-state index contributed by atoms with van der Waals surface area (Å²) < 4.78 is 10.7. The third kappa shape index (κ3) is 5.21. The number of esters is 1. The van der Waals surface area contributed by atoms with Crippen LogP contribution < -0.4 is 9.47 Å². The van der Waals surface area contributed by atoms with Crippen LogP contribution in [0.25, 0.3) is 0 Å². The molecule has 0 aliphatic carbocycles. The Kier molecular flexibility index (Phi) is 6.23. The van der Waals surface area contributed by atoms with Crippen LogP contribution in [0, 0.1) is 11.3 Å². The van der Waals surface area contributed by atoms with Crippen molar-refractivity contribution in [3.63, 3.8) is 0 Å². The summed E-state index contributed by atoms with van der Waals surface area (Å²) in [5, 5.41) is 19.0. The molecule has 0 fully saturated rings. The number of ether oxygens (including phenoxy) is 2. The Balaban J connectivity index is 1.67. The van der Waals surface area contributed by atoms with Crippen LogP contribution in [-0.2, 0) is 0 Å². The van der Waals surface area contributed by atoms with Crippen molar-refractivity contribution in [2.45, 2.75) is 6.92 Å². The SMILES string of the molecule is CCOc1ccc(C(=O)Oc2ccc(C=Nc3ccc(C#N)cc3)c(O)c2)cc1. The van der Waals surface area contributed by atoms with Crippen LogP contribution in [0.1, 0.15) is 28.4 Å². The quantitative estimate of drug-likeness (QED) is 0.379. The van der Waals surface area contributed by atoms with Gasteiger partial charge in [0.15, 0.2) is 0 Å². The van der Waals surface area contributed by atoms with Gasteiger partial charge in [0.05, 0.1) is 29.5 Å². The molecule has 29 heavy (non-hydrogen) atoms. The molecule has 3 aromatic rings. The van der Waals surface area contributed by atoms with Gasteiger partial charge in [0.2, 0.25) is 0 Å². The fourth-order valence-electron chi connectivity index (χ4n) is 2.48. The Morgan fingerprint density at radius 3 is 2.38 bits per heavy atom. The third-order valence-electron chi connectivity index (χ3n) is 3.96. The molecule has 0 aliphatic heterocycles. The first kappa shape index (κ1) is 19.6. The molecule has 0 heterocycles. The Morgan fingerprint density at radius 1 is 1.07 bits per heavy atom. The number of benzene rings is 3. The summed E-state index contributed by atoms with van der Waals surface area (Å²) in [6.07, 6.45) is 1.49. The number of nitriles is 1. The fourth-order valence-corrected chi connectivity index (χ4v) is 2.48. The van der Waals surface area contributed by atoms with Crippen molar-refractivity contribution in [3.05, 3.63) is 83.4 Å². The number of nitrogens with zero attached hydrogens (tertiary/aromatic N) is 2. The van der Waals surface area contributed by atoms with E-state index in [0.717, 1.165) is 0 Å². The lowest BCUT2D eigenvalue weighted by atomic mass is 10.2. The van der Waals surface area contributed by atoms with Gasteiger partial charge in [-0.15, -0.1) is 0 Å². The van der Waals surface area contributed by atoms with Crippen molar-refractivity contribution < 1.29 is 19.4 Å². The van der Waals surface area contributed by atoms with Gasteiger partial charge >= 0.3 is 5.97 Å². The van der Waals surface area contributed by atoms with E-state index < -0.39 is 5.97 Å². The maximum Gasteiger partial charge on any atom is 0.343 e. The first-order chi connectivity index (χ1) is 14.1. The molecule has 0 atom stereocenters. The molecular weight excluding hydrogens is 368 g/mol. The molecular formula is C23H18N2O4. The van der Waals surface area contributed by atoms with Gasteiger partial charge in [0, 0.05) is 17.8 Å². The molecule has 0 radical (unpaired) electrons. The predicted octanol–water partition coefficient (Wildman–Crippen LogP) is 4.63. The first-order valence-corrected chi connectivity index (χ1v) is 8.91. The Labute approximate surface area is 168 Å². The normalized spacial score (nSPS) is 10.5. The molecule has 6 nitrogen and oxygen atoms in total. The highest BCUT2D eigenvalue weighted by Crippen LogP contribution is 2.24. The van der Waals surface area contributed by atoms with E-state index in [2.05, 4.69) is 4.99 Å². The number of carbonyl (C=O) groups is 1. The molecule has 0 aliphatic rings. The van der Waals surface area contributed by atoms with E-state index in [1.54, 1.807) is 60.7 Å². The number of rotatable bonds is 6. The third-order valence-corrected chi connectivity index (χ3v) is 3.96. The maximum absolute atomic E-state index is 12.2. The number of aromatic hydroxyl groups is 1. The van der Waals surface area contributed by atoms with Gasteiger partial charge in [0.25, 0.3) is 0 Å². The first-order valence-electron chi connectivity index (χ1n) is 8.91. The van der Waals surface area contributed by atoms with Gasteiger partial charge in [-0.25, -0.2) is 4.79 Å². The molecule has 0 saturated heterocycles. The molecule has 0 unspecified atom stereocenters. The lowest BCUT2D eigenvalue weighted by Gasteiger charge is -2.07. The summed E-state index contributed by atoms with van der Waals surface area (Å²) in [4.78, 5) is 16.5. The topological polar surface area (TPSA) is 91.9 Å². The van der Waals surface area contributed by atoms with E-state index >= 15 is 0 Å². The zero-order chi connectivity index (χ0) is 20.6. The molecule has 0 amide bonds. The van der Waals surface area contributed by atoms with Gasteiger partial charge in [0.1, 0.15) is 17.2 Å². The fraction of sp³-hybridized carbons (Fsp3) is 0.0870. The summed E-state index contributed by atoms with van der Waals surface area (Å²) in [6.45, 7) is 2.43. The lowest BCUT2D eigenvalue weighted by Crippen LogP contribution is -2.08. The predicted molar refractivity (Wildman–Crippen MR) is 109 cm³/mol. The van der Waals surface area contributed by atoms with Crippen LogP contribution >= 0.6 is 0 Å². The van der Waals surface area contributed by atoms with Crippen LogP contribution in [0.2, 0.25) is 0 Å². The summed E-state index contributed by atoms with van der Waals surface area (Å²) in [5.41, 5.74) is 2.04. The minimum Gasteiger partial charge on any atom is -0.507 e. The molecule has 1 N–H and O–H groups in total. The standard InChI is InChI=1S/C23H18N2O4/c1-2-28-20-10-5-17(6-11-20)23(27)29-21-12-7-18(22(26)13-21)15-25-19-8-3-16(14-24)4-9-19/h3-13,15,26H,2H2,1H3.